The quantitative estimate of drug-likeness (QED) is 0.905. The van der Waals surface area contributed by atoms with E-state index >= 15 is 0 Å². The molecule has 3 heteroatoms. The summed E-state index contributed by atoms with van der Waals surface area (Å²) in [5.74, 6) is 0. The molecule has 102 valence electrons. The summed E-state index contributed by atoms with van der Waals surface area (Å²) in [5, 5.41) is 13.1. The number of aryl methyl sites for hydroxylation is 1. The second-order valence-corrected chi connectivity index (χ2v) is 5.35. The van der Waals surface area contributed by atoms with Gasteiger partial charge in [0.05, 0.1) is 11.6 Å². The maximum absolute atomic E-state index is 8.87. The Morgan fingerprint density at radius 3 is 2.70 bits per heavy atom. The average Bonchev–Trinajstić information content (AvgIpc) is 2.45. The van der Waals surface area contributed by atoms with Crippen molar-refractivity contribution in [1.82, 2.24) is 5.32 Å². The van der Waals surface area contributed by atoms with Gasteiger partial charge in [-0.1, -0.05) is 29.8 Å². The number of nitriles is 1. The van der Waals surface area contributed by atoms with E-state index in [1.807, 2.05) is 43.3 Å². The summed E-state index contributed by atoms with van der Waals surface area (Å²) in [6, 6.07) is 16.0. The molecule has 0 unspecified atom stereocenters. The Kier molecular flexibility index (Phi) is 4.79. The van der Waals surface area contributed by atoms with E-state index in [2.05, 4.69) is 24.4 Å². The van der Waals surface area contributed by atoms with Crippen LogP contribution in [0.2, 0.25) is 5.02 Å². The zero-order valence-corrected chi connectivity index (χ0v) is 12.4. The normalized spacial score (nSPS) is 11.9. The molecule has 1 N–H and O–H groups in total. The lowest BCUT2D eigenvalue weighted by Crippen LogP contribution is -2.18. The molecule has 2 nitrogen and oxygen atoms in total. The van der Waals surface area contributed by atoms with Crippen molar-refractivity contribution in [1.29, 1.82) is 5.26 Å². The van der Waals surface area contributed by atoms with E-state index in [1.54, 1.807) is 0 Å². The predicted octanol–water partition coefficient (Wildman–Crippen LogP) is 4.37. The van der Waals surface area contributed by atoms with E-state index in [1.165, 1.54) is 11.1 Å². The van der Waals surface area contributed by atoms with Crippen LogP contribution in [-0.4, -0.2) is 0 Å². The number of benzene rings is 2. The molecule has 0 radical (unpaired) electrons. The number of nitrogens with one attached hydrogen (secondary N) is 1. The van der Waals surface area contributed by atoms with Crippen molar-refractivity contribution in [3.05, 3.63) is 69.7 Å². The van der Waals surface area contributed by atoms with Gasteiger partial charge in [-0.25, -0.2) is 0 Å². The minimum atomic E-state index is 0.226. The molecule has 0 fully saturated rings. The molecule has 1 atom stereocenters. The van der Waals surface area contributed by atoms with Crippen molar-refractivity contribution in [2.24, 2.45) is 0 Å². The summed E-state index contributed by atoms with van der Waals surface area (Å²) in [6.45, 7) is 4.91. The Balaban J connectivity index is 2.04. The van der Waals surface area contributed by atoms with Gasteiger partial charge in [-0.3, -0.25) is 0 Å². The molecule has 0 heterocycles. The van der Waals surface area contributed by atoms with Gasteiger partial charge in [-0.2, -0.15) is 5.26 Å². The van der Waals surface area contributed by atoms with Crippen LogP contribution in [0.4, 0.5) is 0 Å². The molecule has 0 saturated carbocycles. The summed E-state index contributed by atoms with van der Waals surface area (Å²) in [5.41, 5.74) is 4.21. The highest BCUT2D eigenvalue weighted by Crippen LogP contribution is 2.18. The topological polar surface area (TPSA) is 35.8 Å². The Bertz CT molecular complexity index is 644. The van der Waals surface area contributed by atoms with Crippen LogP contribution < -0.4 is 5.32 Å². The minimum Gasteiger partial charge on any atom is -0.306 e. The highest BCUT2D eigenvalue weighted by Gasteiger charge is 2.06. The van der Waals surface area contributed by atoms with E-state index in [0.29, 0.717) is 5.56 Å². The van der Waals surface area contributed by atoms with Gasteiger partial charge in [-0.05, 0) is 54.8 Å². The third-order valence-electron chi connectivity index (χ3n) is 3.42. The monoisotopic (exact) mass is 284 g/mol. The van der Waals surface area contributed by atoms with Crippen LogP contribution in [0, 0.1) is 18.3 Å². The number of nitrogens with zero attached hydrogens (tertiary/aromatic N) is 1. The molecule has 0 amide bonds. The number of halogens is 1. The van der Waals surface area contributed by atoms with E-state index in [4.69, 9.17) is 16.9 Å². The summed E-state index contributed by atoms with van der Waals surface area (Å²) < 4.78 is 0. The van der Waals surface area contributed by atoms with E-state index < -0.39 is 0 Å². The second-order valence-electron chi connectivity index (χ2n) is 4.91. The standard InChI is InChI=1S/C17H17ClN2/c1-12-8-14(10-19)6-7-16(12)11-20-13(2)15-4-3-5-17(18)9-15/h3-9,13,20H,11H2,1-2H3/t13-/m0/s1. The van der Waals surface area contributed by atoms with Crippen LogP contribution in [0.3, 0.4) is 0 Å². The smallest absolute Gasteiger partial charge is 0.0991 e. The zero-order valence-electron chi connectivity index (χ0n) is 11.7. The van der Waals surface area contributed by atoms with Gasteiger partial charge in [0, 0.05) is 17.6 Å². The van der Waals surface area contributed by atoms with Crippen molar-refractivity contribution >= 4 is 11.6 Å². The van der Waals surface area contributed by atoms with Crippen molar-refractivity contribution in [3.8, 4) is 6.07 Å². The first kappa shape index (κ1) is 14.6. The molecule has 0 aliphatic rings. The lowest BCUT2D eigenvalue weighted by atomic mass is 10.0. The Morgan fingerprint density at radius 2 is 2.05 bits per heavy atom. The molecule has 2 rings (SSSR count). The third kappa shape index (κ3) is 3.60. The first-order valence-electron chi connectivity index (χ1n) is 6.58. The fourth-order valence-electron chi connectivity index (χ4n) is 2.12. The molecule has 20 heavy (non-hydrogen) atoms. The van der Waals surface area contributed by atoms with Crippen LogP contribution in [0.5, 0.6) is 0 Å². The van der Waals surface area contributed by atoms with Crippen LogP contribution in [-0.2, 0) is 6.54 Å². The lowest BCUT2D eigenvalue weighted by Gasteiger charge is -2.15. The minimum absolute atomic E-state index is 0.226. The van der Waals surface area contributed by atoms with Crippen molar-refractivity contribution in [2.75, 3.05) is 0 Å². The molecule has 0 aliphatic carbocycles. The van der Waals surface area contributed by atoms with Crippen molar-refractivity contribution in [3.63, 3.8) is 0 Å². The fraction of sp³-hybridized carbons (Fsp3) is 0.235. The van der Waals surface area contributed by atoms with E-state index in [9.17, 15) is 0 Å². The van der Waals surface area contributed by atoms with Crippen LogP contribution >= 0.6 is 11.6 Å². The Hall–Kier alpha value is -1.82. The molecular weight excluding hydrogens is 268 g/mol. The van der Waals surface area contributed by atoms with Gasteiger partial charge < -0.3 is 5.32 Å². The van der Waals surface area contributed by atoms with E-state index in [-0.39, 0.29) is 6.04 Å². The molecule has 0 saturated heterocycles. The maximum Gasteiger partial charge on any atom is 0.0991 e. The van der Waals surface area contributed by atoms with E-state index in [0.717, 1.165) is 17.1 Å². The number of rotatable bonds is 4. The molecule has 2 aromatic rings. The van der Waals surface area contributed by atoms with Crippen molar-refractivity contribution < 1.29 is 0 Å². The molecular formula is C17H17ClN2. The van der Waals surface area contributed by atoms with Gasteiger partial charge >= 0.3 is 0 Å². The van der Waals surface area contributed by atoms with Gasteiger partial charge in [0.15, 0.2) is 0 Å². The summed E-state index contributed by atoms with van der Waals surface area (Å²) in [6.07, 6.45) is 0. The maximum atomic E-state index is 8.87. The summed E-state index contributed by atoms with van der Waals surface area (Å²) in [7, 11) is 0. The third-order valence-corrected chi connectivity index (χ3v) is 3.65. The molecule has 0 spiro atoms. The largest absolute Gasteiger partial charge is 0.306 e. The molecule has 0 aromatic heterocycles. The predicted molar refractivity (Wildman–Crippen MR) is 82.6 cm³/mol. The zero-order chi connectivity index (χ0) is 14.5. The van der Waals surface area contributed by atoms with Gasteiger partial charge in [0.2, 0.25) is 0 Å². The SMILES string of the molecule is Cc1cc(C#N)ccc1CN[C@@H](C)c1cccc(Cl)c1. The summed E-state index contributed by atoms with van der Waals surface area (Å²) >= 11 is 6.01. The first-order valence-corrected chi connectivity index (χ1v) is 6.96. The highest BCUT2D eigenvalue weighted by atomic mass is 35.5. The Labute approximate surface area is 125 Å². The van der Waals surface area contributed by atoms with Gasteiger partial charge in [-0.15, -0.1) is 0 Å². The van der Waals surface area contributed by atoms with Gasteiger partial charge in [0.25, 0.3) is 0 Å². The summed E-state index contributed by atoms with van der Waals surface area (Å²) in [4.78, 5) is 0. The first-order chi connectivity index (χ1) is 9.60. The highest BCUT2D eigenvalue weighted by molar-refractivity contribution is 6.30. The second kappa shape index (κ2) is 6.56. The molecule has 2 aromatic carbocycles. The molecule has 0 bridgehead atoms. The number of hydrogen-bond donors (Lipinski definition) is 1. The van der Waals surface area contributed by atoms with Crippen LogP contribution in [0.15, 0.2) is 42.5 Å². The van der Waals surface area contributed by atoms with Crippen LogP contribution in [0.1, 0.15) is 35.2 Å². The Morgan fingerprint density at radius 1 is 1.25 bits per heavy atom. The molecule has 0 aliphatic heterocycles. The number of hydrogen-bond acceptors (Lipinski definition) is 2. The van der Waals surface area contributed by atoms with Gasteiger partial charge in [0.1, 0.15) is 0 Å². The fourth-order valence-corrected chi connectivity index (χ4v) is 2.32. The van der Waals surface area contributed by atoms with Crippen molar-refractivity contribution in [2.45, 2.75) is 26.4 Å². The average molecular weight is 285 g/mol. The lowest BCUT2D eigenvalue weighted by molar-refractivity contribution is 0.573. The van der Waals surface area contributed by atoms with Crippen LogP contribution in [0.25, 0.3) is 0 Å².